The molecule has 0 saturated heterocycles. The molecule has 40 heavy (non-hydrogen) atoms. The van der Waals surface area contributed by atoms with Crippen LogP contribution in [0.5, 0.6) is 0 Å². The number of ether oxygens (including phenoxy) is 2. The molecule has 2 bridgehead atoms. The van der Waals surface area contributed by atoms with Crippen molar-refractivity contribution in [2.45, 2.75) is 65.0 Å². The van der Waals surface area contributed by atoms with Crippen molar-refractivity contribution < 1.29 is 27.8 Å². The molecule has 0 fully saturated rings. The molecule has 1 aromatic rings. The fraction of sp³-hybridized carbons (Fsp3) is 0.483. The minimum absolute atomic E-state index is 0.0300. The lowest BCUT2D eigenvalue weighted by atomic mass is 10.1. The fourth-order valence-electron chi connectivity index (χ4n) is 3.69. The second-order valence-electron chi connectivity index (χ2n) is 10.0. The van der Waals surface area contributed by atoms with E-state index in [4.69, 9.17) is 9.47 Å². The number of cyclic esters (lactones) is 2. The van der Waals surface area contributed by atoms with E-state index in [1.165, 1.54) is 17.4 Å². The van der Waals surface area contributed by atoms with Crippen LogP contribution in [0.3, 0.4) is 0 Å². The van der Waals surface area contributed by atoms with Gasteiger partial charge in [0.2, 0.25) is 11.3 Å². The third-order valence-corrected chi connectivity index (χ3v) is 7.34. The summed E-state index contributed by atoms with van der Waals surface area (Å²) < 4.78 is 34.3. The van der Waals surface area contributed by atoms with Crippen LogP contribution < -0.4 is 4.72 Å². The Morgan fingerprint density at radius 3 is 2.70 bits per heavy atom. The highest BCUT2D eigenvalue weighted by molar-refractivity contribution is 7.77. The van der Waals surface area contributed by atoms with Gasteiger partial charge in [-0.2, -0.15) is 0 Å². The predicted octanol–water partition coefficient (Wildman–Crippen LogP) is 4.47. The van der Waals surface area contributed by atoms with Gasteiger partial charge in [-0.15, -0.1) is 11.3 Å². The number of thiazole rings is 1. The summed E-state index contributed by atoms with van der Waals surface area (Å²) in [4.78, 5) is 31.7. The quantitative estimate of drug-likeness (QED) is 0.271. The smallest absolute Gasteiger partial charge is 0.331 e. The number of aromatic nitrogens is 1. The van der Waals surface area contributed by atoms with Crippen molar-refractivity contribution in [1.82, 2.24) is 14.6 Å². The lowest BCUT2D eigenvalue weighted by molar-refractivity contribution is -0.144. The van der Waals surface area contributed by atoms with E-state index in [2.05, 4.69) is 20.7 Å². The summed E-state index contributed by atoms with van der Waals surface area (Å²) in [6.07, 6.45) is 14.2. The molecule has 220 valence electrons. The lowest BCUT2D eigenvalue weighted by Crippen LogP contribution is -2.33. The van der Waals surface area contributed by atoms with Crippen molar-refractivity contribution in [2.75, 3.05) is 27.2 Å². The SMILES string of the molecule is CC(/C=C/C(C)=C/C1Cc2nc(cs2)CCC(NS(=O)O)CC(=O)OCC/C(C)=C/C=C\C(=O)O1)=C\CN(C)C. The van der Waals surface area contributed by atoms with Crippen LogP contribution >= 0.6 is 11.3 Å². The second-order valence-corrected chi connectivity index (χ2v) is 11.7. The molecule has 11 heteroatoms. The number of carbonyl (C=O) groups excluding carboxylic acids is 2. The second kappa shape index (κ2) is 17.9. The molecular weight excluding hydrogens is 550 g/mol. The Kier molecular flexibility index (Phi) is 15.0. The molecule has 0 spiro atoms. The molecule has 0 aromatic carbocycles. The number of carbonyl (C=O) groups is 2. The molecule has 3 atom stereocenters. The van der Waals surface area contributed by atoms with Gasteiger partial charge in [-0.3, -0.25) is 9.35 Å². The topological polar surface area (TPSA) is 118 Å². The highest BCUT2D eigenvalue weighted by atomic mass is 32.2. The average molecular weight is 592 g/mol. The summed E-state index contributed by atoms with van der Waals surface area (Å²) in [5, 5.41) is 2.72. The van der Waals surface area contributed by atoms with E-state index in [1.54, 1.807) is 12.2 Å². The molecule has 9 nitrogen and oxygen atoms in total. The largest absolute Gasteiger partial charge is 0.465 e. The number of fused-ring (bicyclic) bond motifs is 2. The zero-order chi connectivity index (χ0) is 29.5. The summed E-state index contributed by atoms with van der Waals surface area (Å²) >= 11 is -0.797. The van der Waals surface area contributed by atoms with Crippen LogP contribution in [0.15, 0.2) is 64.6 Å². The summed E-state index contributed by atoms with van der Waals surface area (Å²) in [5.74, 6) is -0.912. The normalized spacial score (nSPS) is 23.9. The van der Waals surface area contributed by atoms with E-state index in [-0.39, 0.29) is 13.0 Å². The maximum atomic E-state index is 12.6. The van der Waals surface area contributed by atoms with E-state index in [0.29, 0.717) is 25.7 Å². The van der Waals surface area contributed by atoms with Crippen molar-refractivity contribution in [2.24, 2.45) is 0 Å². The molecule has 1 aliphatic rings. The fourth-order valence-corrected chi connectivity index (χ4v) is 5.05. The van der Waals surface area contributed by atoms with Gasteiger partial charge < -0.3 is 14.4 Å². The van der Waals surface area contributed by atoms with Gasteiger partial charge in [-0.25, -0.2) is 18.7 Å². The first-order valence-corrected chi connectivity index (χ1v) is 15.2. The van der Waals surface area contributed by atoms with Gasteiger partial charge in [0.05, 0.1) is 23.7 Å². The Balaban J connectivity index is 2.27. The van der Waals surface area contributed by atoms with Gasteiger partial charge in [0.1, 0.15) is 6.10 Å². The highest BCUT2D eigenvalue weighted by Gasteiger charge is 2.19. The van der Waals surface area contributed by atoms with Crippen LogP contribution in [-0.4, -0.2) is 70.0 Å². The first kappa shape index (κ1) is 33.5. The first-order chi connectivity index (χ1) is 19.0. The zero-order valence-electron chi connectivity index (χ0n) is 23.9. The van der Waals surface area contributed by atoms with Crippen LogP contribution in [0.1, 0.15) is 50.7 Å². The van der Waals surface area contributed by atoms with E-state index in [9.17, 15) is 18.4 Å². The summed E-state index contributed by atoms with van der Waals surface area (Å²) in [5.41, 5.74) is 3.82. The summed E-state index contributed by atoms with van der Waals surface area (Å²) in [6, 6.07) is -0.536. The van der Waals surface area contributed by atoms with Gasteiger partial charge in [0.25, 0.3) is 0 Å². The van der Waals surface area contributed by atoms with Crippen molar-refractivity contribution in [3.05, 3.63) is 75.3 Å². The number of nitrogens with one attached hydrogen (secondary N) is 1. The standard InChI is InChI=1S/C29H41N3O6S2/c1-21-7-6-8-28(33)38-26(17-23(3)10-9-22(2)13-15-32(4)5)19-27-30-25(20-39-27)12-11-24(31-40(35)36)18-29(34)37-16-14-21/h6-10,13,17,20,24,26,31H,11-12,14-16,18-19H2,1-5H3,(H,35,36)/b8-6-,10-9+,21-7+,22-13+,23-17+. The highest BCUT2D eigenvalue weighted by Crippen LogP contribution is 2.18. The molecule has 1 aromatic heterocycles. The van der Waals surface area contributed by atoms with Crippen molar-refractivity contribution >= 4 is 34.5 Å². The minimum Gasteiger partial charge on any atom is -0.465 e. The van der Waals surface area contributed by atoms with Crippen LogP contribution in [-0.2, 0) is 43.2 Å². The Morgan fingerprint density at radius 2 is 1.98 bits per heavy atom. The Hall–Kier alpha value is -2.70. The predicted molar refractivity (Wildman–Crippen MR) is 160 cm³/mol. The maximum Gasteiger partial charge on any atom is 0.331 e. The molecule has 3 unspecified atom stereocenters. The van der Waals surface area contributed by atoms with Crippen LogP contribution in [0.2, 0.25) is 0 Å². The number of nitrogens with zero attached hydrogens (tertiary/aromatic N) is 2. The van der Waals surface area contributed by atoms with Crippen LogP contribution in [0, 0.1) is 0 Å². The van der Waals surface area contributed by atoms with E-state index in [1.807, 2.05) is 58.5 Å². The van der Waals surface area contributed by atoms with Crippen molar-refractivity contribution in [1.29, 1.82) is 0 Å². The minimum atomic E-state index is -2.26. The Labute approximate surface area is 244 Å². The molecule has 2 heterocycles. The average Bonchev–Trinajstić information content (AvgIpc) is 3.31. The lowest BCUT2D eigenvalue weighted by Gasteiger charge is -2.15. The number of aryl methyl sites for hydroxylation is 1. The molecule has 0 saturated carbocycles. The number of allylic oxidation sites excluding steroid dienone is 6. The van der Waals surface area contributed by atoms with Crippen molar-refractivity contribution in [3.8, 4) is 0 Å². The summed E-state index contributed by atoms with van der Waals surface area (Å²) in [6.45, 7) is 6.91. The number of likely N-dealkylation sites (N-methyl/N-ethyl adjacent to an activating group) is 1. The Morgan fingerprint density at radius 1 is 1.23 bits per heavy atom. The number of rotatable bonds is 7. The monoisotopic (exact) mass is 591 g/mol. The number of hydrogen-bond acceptors (Lipinski definition) is 8. The van der Waals surface area contributed by atoms with Gasteiger partial charge in [0.15, 0.2) is 0 Å². The maximum absolute atomic E-state index is 12.6. The van der Waals surface area contributed by atoms with E-state index >= 15 is 0 Å². The van der Waals surface area contributed by atoms with Gasteiger partial charge in [-0.05, 0) is 53.8 Å². The van der Waals surface area contributed by atoms with Crippen molar-refractivity contribution in [3.63, 3.8) is 0 Å². The zero-order valence-corrected chi connectivity index (χ0v) is 25.6. The molecule has 2 N–H and O–H groups in total. The van der Waals surface area contributed by atoms with Gasteiger partial charge in [0, 0.05) is 36.9 Å². The van der Waals surface area contributed by atoms with E-state index in [0.717, 1.165) is 34.0 Å². The molecule has 0 aliphatic carbocycles. The molecule has 0 radical (unpaired) electrons. The number of hydrogen-bond donors (Lipinski definition) is 2. The van der Waals surface area contributed by atoms with Gasteiger partial charge >= 0.3 is 11.9 Å². The Bertz CT molecular complexity index is 1170. The van der Waals surface area contributed by atoms with Crippen LogP contribution in [0.4, 0.5) is 0 Å². The van der Waals surface area contributed by atoms with Gasteiger partial charge in [-0.1, -0.05) is 47.1 Å². The third kappa shape index (κ3) is 14.6. The van der Waals surface area contributed by atoms with Crippen LogP contribution in [0.25, 0.3) is 0 Å². The number of esters is 2. The first-order valence-electron chi connectivity index (χ1n) is 13.2. The molecule has 1 aliphatic heterocycles. The molecular formula is C29H41N3O6S2. The van der Waals surface area contributed by atoms with E-state index < -0.39 is 35.4 Å². The summed E-state index contributed by atoms with van der Waals surface area (Å²) in [7, 11) is 4.04. The molecule has 2 rings (SSSR count). The molecule has 0 amide bonds. The third-order valence-electron chi connectivity index (χ3n) is 5.88.